The first kappa shape index (κ1) is 18.5. The predicted octanol–water partition coefficient (Wildman–Crippen LogP) is 3.06. The van der Waals surface area contributed by atoms with Crippen molar-refractivity contribution in [2.24, 2.45) is 10.8 Å². The molecule has 0 radical (unpaired) electrons. The van der Waals surface area contributed by atoms with Crippen LogP contribution >= 0.6 is 11.6 Å². The van der Waals surface area contributed by atoms with Crippen LogP contribution in [0.1, 0.15) is 24.1 Å². The van der Waals surface area contributed by atoms with Crippen molar-refractivity contribution in [1.82, 2.24) is 9.40 Å². The molecule has 0 atom stereocenters. The van der Waals surface area contributed by atoms with Crippen molar-refractivity contribution in [3.05, 3.63) is 64.8 Å². The summed E-state index contributed by atoms with van der Waals surface area (Å²) in [5, 5.41) is 12.8. The minimum atomic E-state index is -3.80. The second-order valence-corrected chi connectivity index (χ2v) is 8.73. The van der Waals surface area contributed by atoms with Crippen LogP contribution in [0.3, 0.4) is 0 Å². The van der Waals surface area contributed by atoms with Crippen molar-refractivity contribution >= 4 is 44.2 Å². The van der Waals surface area contributed by atoms with Gasteiger partial charge in [0.25, 0.3) is 10.0 Å². The fourth-order valence-corrected chi connectivity index (χ4v) is 5.37. The standard InChI is InChI=1S/C19H18ClN5O2S/c20-12-9-10-16-14(11-12)18-15(23-24-19(21)22)7-4-8-17(18)25(16)28(26,27)13-5-2-1-3-6-13/h1-3,5-6,9-11H,4,7-8H2,(H4,21,22,24). The van der Waals surface area contributed by atoms with E-state index in [0.717, 1.165) is 12.0 Å². The van der Waals surface area contributed by atoms with Crippen LogP contribution in [0.2, 0.25) is 5.02 Å². The van der Waals surface area contributed by atoms with Crippen molar-refractivity contribution in [1.29, 1.82) is 5.41 Å². The van der Waals surface area contributed by atoms with E-state index in [9.17, 15) is 8.42 Å². The number of halogens is 1. The highest BCUT2D eigenvalue weighted by atomic mass is 35.5. The van der Waals surface area contributed by atoms with E-state index in [1.807, 2.05) is 0 Å². The van der Waals surface area contributed by atoms with Crippen molar-refractivity contribution in [3.63, 3.8) is 0 Å². The Labute approximate surface area is 167 Å². The van der Waals surface area contributed by atoms with Gasteiger partial charge < -0.3 is 5.73 Å². The van der Waals surface area contributed by atoms with E-state index < -0.39 is 10.0 Å². The van der Waals surface area contributed by atoms with Gasteiger partial charge in [-0.3, -0.25) is 5.41 Å². The zero-order chi connectivity index (χ0) is 19.9. The molecule has 7 nitrogen and oxygen atoms in total. The van der Waals surface area contributed by atoms with Crippen LogP contribution in [0.15, 0.2) is 58.5 Å². The molecule has 1 aliphatic carbocycles. The summed E-state index contributed by atoms with van der Waals surface area (Å²) >= 11 is 6.21. The number of nitrogens with one attached hydrogen (secondary N) is 2. The van der Waals surface area contributed by atoms with Crippen LogP contribution in [-0.2, 0) is 16.4 Å². The molecule has 4 rings (SSSR count). The lowest BCUT2D eigenvalue weighted by Crippen LogP contribution is -2.28. The van der Waals surface area contributed by atoms with E-state index in [-0.39, 0.29) is 10.9 Å². The van der Waals surface area contributed by atoms with Gasteiger partial charge in [-0.05, 0) is 49.6 Å². The minimum Gasteiger partial charge on any atom is -0.369 e. The summed E-state index contributed by atoms with van der Waals surface area (Å²) in [6.45, 7) is 0. The molecule has 1 aliphatic rings. The first-order valence-corrected chi connectivity index (χ1v) is 10.5. The summed E-state index contributed by atoms with van der Waals surface area (Å²) < 4.78 is 28.3. The minimum absolute atomic E-state index is 0.218. The van der Waals surface area contributed by atoms with Gasteiger partial charge >= 0.3 is 0 Å². The van der Waals surface area contributed by atoms with E-state index in [1.165, 1.54) is 3.97 Å². The van der Waals surface area contributed by atoms with E-state index in [2.05, 4.69) is 10.5 Å². The molecule has 1 aromatic heterocycles. The van der Waals surface area contributed by atoms with Crippen LogP contribution in [0.25, 0.3) is 10.9 Å². The van der Waals surface area contributed by atoms with Gasteiger partial charge in [0, 0.05) is 21.7 Å². The maximum absolute atomic E-state index is 13.5. The quantitative estimate of drug-likeness (QED) is 0.346. The van der Waals surface area contributed by atoms with Gasteiger partial charge in [0.2, 0.25) is 5.96 Å². The van der Waals surface area contributed by atoms with Crippen molar-refractivity contribution in [2.45, 2.75) is 24.2 Å². The number of nitrogens with two attached hydrogens (primary N) is 1. The maximum atomic E-state index is 13.5. The predicted molar refractivity (Wildman–Crippen MR) is 110 cm³/mol. The molecule has 4 N–H and O–H groups in total. The number of nitrogens with zero attached hydrogens (tertiary/aromatic N) is 2. The number of fused-ring (bicyclic) bond motifs is 3. The number of rotatable bonds is 3. The first-order chi connectivity index (χ1) is 13.4. The molecule has 28 heavy (non-hydrogen) atoms. The van der Waals surface area contributed by atoms with E-state index in [4.69, 9.17) is 22.7 Å². The molecule has 0 bridgehead atoms. The lowest BCUT2D eigenvalue weighted by molar-refractivity contribution is 0.586. The lowest BCUT2D eigenvalue weighted by Gasteiger charge is -2.18. The summed E-state index contributed by atoms with van der Waals surface area (Å²) in [6.07, 6.45) is 1.97. The summed E-state index contributed by atoms with van der Waals surface area (Å²) in [5.74, 6) is -0.279. The molecule has 0 saturated carbocycles. The summed E-state index contributed by atoms with van der Waals surface area (Å²) in [7, 11) is -3.80. The molecule has 9 heteroatoms. The molecule has 3 aromatic rings. The molecular formula is C19H18ClN5O2S. The highest BCUT2D eigenvalue weighted by Crippen LogP contribution is 2.36. The third-order valence-corrected chi connectivity index (χ3v) is 6.69. The second kappa shape index (κ2) is 6.96. The lowest BCUT2D eigenvalue weighted by atomic mass is 9.93. The topological polar surface area (TPSA) is 113 Å². The Bertz CT molecular complexity index is 1220. The maximum Gasteiger partial charge on any atom is 0.268 e. The smallest absolute Gasteiger partial charge is 0.268 e. The molecule has 0 unspecified atom stereocenters. The number of hydrazone groups is 1. The van der Waals surface area contributed by atoms with Crippen molar-refractivity contribution in [2.75, 3.05) is 0 Å². The zero-order valence-corrected chi connectivity index (χ0v) is 16.4. The summed E-state index contributed by atoms with van der Waals surface area (Å²) in [5.41, 5.74) is 10.4. The fourth-order valence-electron chi connectivity index (χ4n) is 3.60. The Kier molecular flexibility index (Phi) is 4.60. The Morgan fingerprint density at radius 2 is 1.93 bits per heavy atom. The number of hydrogen-bond donors (Lipinski definition) is 3. The van der Waals surface area contributed by atoms with Gasteiger partial charge in [-0.2, -0.15) is 5.10 Å². The van der Waals surface area contributed by atoms with E-state index in [0.29, 0.717) is 40.2 Å². The molecule has 0 aliphatic heterocycles. The summed E-state index contributed by atoms with van der Waals surface area (Å²) in [4.78, 5) is 0.218. The highest BCUT2D eigenvalue weighted by Gasteiger charge is 2.31. The third-order valence-electron chi connectivity index (χ3n) is 4.69. The fraction of sp³-hybridized carbons (Fsp3) is 0.158. The number of guanidine groups is 1. The average molecular weight is 416 g/mol. The van der Waals surface area contributed by atoms with E-state index >= 15 is 0 Å². The van der Waals surface area contributed by atoms with Crippen LogP contribution < -0.4 is 11.2 Å². The Balaban J connectivity index is 2.05. The van der Waals surface area contributed by atoms with Gasteiger partial charge in [0.05, 0.1) is 16.1 Å². The van der Waals surface area contributed by atoms with Gasteiger partial charge in [0.1, 0.15) is 0 Å². The Morgan fingerprint density at radius 3 is 2.64 bits per heavy atom. The Morgan fingerprint density at radius 1 is 1.18 bits per heavy atom. The second-order valence-electron chi connectivity index (χ2n) is 6.50. The summed E-state index contributed by atoms with van der Waals surface area (Å²) in [6, 6.07) is 13.5. The van der Waals surface area contributed by atoms with Crippen molar-refractivity contribution < 1.29 is 8.42 Å². The SMILES string of the molecule is N=C(N)NN=C1CCCc2c1c1cc(Cl)ccc1n2S(=O)(=O)c1ccccc1. The highest BCUT2D eigenvalue weighted by molar-refractivity contribution is 7.90. The molecule has 0 spiro atoms. The molecular weight excluding hydrogens is 398 g/mol. The van der Waals surface area contributed by atoms with Crippen LogP contribution in [0.4, 0.5) is 0 Å². The van der Waals surface area contributed by atoms with Gasteiger partial charge in [0.15, 0.2) is 0 Å². The van der Waals surface area contributed by atoms with Gasteiger partial charge in [-0.15, -0.1) is 0 Å². The zero-order valence-electron chi connectivity index (χ0n) is 14.8. The third kappa shape index (κ3) is 3.04. The number of hydrogen-bond acceptors (Lipinski definition) is 4. The molecule has 1 heterocycles. The number of aromatic nitrogens is 1. The molecule has 0 fully saturated rings. The van der Waals surface area contributed by atoms with Gasteiger partial charge in [-0.25, -0.2) is 17.8 Å². The average Bonchev–Trinajstić information content (AvgIpc) is 3.01. The van der Waals surface area contributed by atoms with Crippen molar-refractivity contribution in [3.8, 4) is 0 Å². The van der Waals surface area contributed by atoms with Crippen LogP contribution in [0.5, 0.6) is 0 Å². The molecule has 0 saturated heterocycles. The first-order valence-electron chi connectivity index (χ1n) is 8.70. The molecule has 144 valence electrons. The largest absolute Gasteiger partial charge is 0.369 e. The molecule has 0 amide bonds. The molecule has 2 aromatic carbocycles. The Hall–Kier alpha value is -2.84. The van der Waals surface area contributed by atoms with Gasteiger partial charge in [-0.1, -0.05) is 29.8 Å². The monoisotopic (exact) mass is 415 g/mol. The van der Waals surface area contributed by atoms with Crippen LogP contribution in [-0.4, -0.2) is 24.1 Å². The van der Waals surface area contributed by atoms with E-state index in [1.54, 1.807) is 48.5 Å². The van der Waals surface area contributed by atoms with Crippen LogP contribution in [0, 0.1) is 5.41 Å². The normalized spacial score (nSPS) is 15.5. The number of benzene rings is 2.